The molecular formula is C16H19I2N3O3. The predicted molar refractivity (Wildman–Crippen MR) is 107 cm³/mol. The number of nitrogens with one attached hydrogen (secondary N) is 2. The number of ether oxygens (including phenoxy) is 1. The number of benzene rings is 1. The van der Waals surface area contributed by atoms with Crippen molar-refractivity contribution in [3.8, 4) is 6.07 Å². The molecule has 6 nitrogen and oxygen atoms in total. The van der Waals surface area contributed by atoms with E-state index in [-0.39, 0.29) is 6.54 Å². The molecule has 0 unspecified atom stereocenters. The Hall–Kier alpha value is -1.09. The predicted octanol–water partition coefficient (Wildman–Crippen LogP) is 2.97. The minimum absolute atomic E-state index is 0.116. The summed E-state index contributed by atoms with van der Waals surface area (Å²) in [5.74, 6) is -0.420. The number of halogens is 2. The summed E-state index contributed by atoms with van der Waals surface area (Å²) in [4.78, 5) is 24.2. The third-order valence-corrected chi connectivity index (χ3v) is 3.96. The van der Waals surface area contributed by atoms with Crippen LogP contribution in [0.3, 0.4) is 0 Å². The van der Waals surface area contributed by atoms with Crippen LogP contribution in [0.15, 0.2) is 18.2 Å². The van der Waals surface area contributed by atoms with E-state index in [4.69, 9.17) is 10.00 Å². The third-order valence-electron chi connectivity index (χ3n) is 2.71. The number of amides is 2. The lowest BCUT2D eigenvalue weighted by Gasteiger charge is -2.23. The maximum atomic E-state index is 12.2. The van der Waals surface area contributed by atoms with Gasteiger partial charge in [-0.3, -0.25) is 4.79 Å². The molecule has 0 aliphatic rings. The molecule has 0 heterocycles. The molecule has 0 saturated carbocycles. The monoisotopic (exact) mass is 555 g/mol. The van der Waals surface area contributed by atoms with Gasteiger partial charge >= 0.3 is 6.09 Å². The van der Waals surface area contributed by atoms with Crippen LogP contribution in [0.5, 0.6) is 0 Å². The van der Waals surface area contributed by atoms with Crippen LogP contribution in [0.2, 0.25) is 0 Å². The second kappa shape index (κ2) is 9.41. The summed E-state index contributed by atoms with van der Waals surface area (Å²) in [5, 5.41) is 13.7. The normalized spacial score (nSPS) is 12.0. The number of rotatable bonds is 5. The van der Waals surface area contributed by atoms with Crippen molar-refractivity contribution < 1.29 is 14.3 Å². The molecule has 2 N–H and O–H groups in total. The number of nitrogens with zero attached hydrogens (tertiary/aromatic N) is 1. The lowest BCUT2D eigenvalue weighted by Crippen LogP contribution is -2.49. The van der Waals surface area contributed by atoms with E-state index in [2.05, 4.69) is 55.8 Å². The van der Waals surface area contributed by atoms with E-state index in [1.165, 1.54) is 0 Å². The maximum absolute atomic E-state index is 12.2. The average Bonchev–Trinajstić information content (AvgIpc) is 2.40. The standard InChI is InChI=1S/C16H19I2N3O3/c1-16(2,3)24-15(23)21-13(14(22)20-5-4-19)8-10-6-11(17)9-12(18)7-10/h6-7,9,13H,5,8H2,1-3H3,(H,20,22)(H,21,23)/t13-/m0/s1. The van der Waals surface area contributed by atoms with E-state index in [1.54, 1.807) is 20.8 Å². The van der Waals surface area contributed by atoms with Crippen molar-refractivity contribution in [1.82, 2.24) is 10.6 Å². The molecular weight excluding hydrogens is 536 g/mol. The fourth-order valence-corrected chi connectivity index (χ4v) is 3.94. The number of alkyl carbamates (subject to hydrolysis) is 1. The van der Waals surface area contributed by atoms with Gasteiger partial charge in [-0.25, -0.2) is 4.79 Å². The summed E-state index contributed by atoms with van der Waals surface area (Å²) in [6.07, 6.45) is -0.358. The maximum Gasteiger partial charge on any atom is 0.408 e. The smallest absolute Gasteiger partial charge is 0.408 e. The van der Waals surface area contributed by atoms with Gasteiger partial charge in [0, 0.05) is 13.6 Å². The lowest BCUT2D eigenvalue weighted by atomic mass is 10.1. The SMILES string of the molecule is CC(C)(C)OC(=O)N[C@@H](Cc1cc(I)cc(I)c1)C(=O)NCC#N. The van der Waals surface area contributed by atoms with Crippen LogP contribution in [0.25, 0.3) is 0 Å². The van der Waals surface area contributed by atoms with Crippen LogP contribution in [-0.2, 0) is 16.0 Å². The lowest BCUT2D eigenvalue weighted by molar-refractivity contribution is -0.122. The number of hydrogen-bond acceptors (Lipinski definition) is 4. The Bertz CT molecular complexity index is 631. The Morgan fingerprint density at radius 1 is 1.25 bits per heavy atom. The molecule has 1 aromatic rings. The highest BCUT2D eigenvalue weighted by atomic mass is 127. The number of hydrogen-bond donors (Lipinski definition) is 2. The Balaban J connectivity index is 2.90. The van der Waals surface area contributed by atoms with E-state index >= 15 is 0 Å². The van der Waals surface area contributed by atoms with Crippen molar-refractivity contribution in [3.63, 3.8) is 0 Å². The zero-order chi connectivity index (χ0) is 18.3. The molecule has 0 fully saturated rings. The summed E-state index contributed by atoms with van der Waals surface area (Å²) in [5.41, 5.74) is 0.259. The fraction of sp³-hybridized carbons (Fsp3) is 0.438. The van der Waals surface area contributed by atoms with E-state index in [9.17, 15) is 9.59 Å². The van der Waals surface area contributed by atoms with E-state index in [0.29, 0.717) is 6.42 Å². The second-order valence-electron chi connectivity index (χ2n) is 6.06. The van der Waals surface area contributed by atoms with Crippen molar-refractivity contribution in [2.75, 3.05) is 6.54 Å². The van der Waals surface area contributed by atoms with E-state index in [1.807, 2.05) is 24.3 Å². The molecule has 0 aromatic heterocycles. The Kier molecular flexibility index (Phi) is 8.21. The zero-order valence-electron chi connectivity index (χ0n) is 13.7. The highest BCUT2D eigenvalue weighted by Crippen LogP contribution is 2.16. The molecule has 0 aliphatic heterocycles. The van der Waals surface area contributed by atoms with Crippen molar-refractivity contribution in [1.29, 1.82) is 5.26 Å². The molecule has 130 valence electrons. The van der Waals surface area contributed by atoms with Gasteiger partial charge in [-0.1, -0.05) is 0 Å². The first kappa shape index (κ1) is 21.0. The van der Waals surface area contributed by atoms with Gasteiger partial charge in [-0.05, 0) is 89.7 Å². The molecule has 1 rings (SSSR count). The van der Waals surface area contributed by atoms with Gasteiger partial charge in [0.15, 0.2) is 0 Å². The molecule has 0 bridgehead atoms. The molecule has 0 saturated heterocycles. The van der Waals surface area contributed by atoms with Gasteiger partial charge < -0.3 is 15.4 Å². The van der Waals surface area contributed by atoms with Crippen LogP contribution in [0, 0.1) is 18.5 Å². The fourth-order valence-electron chi connectivity index (χ4n) is 1.87. The highest BCUT2D eigenvalue weighted by molar-refractivity contribution is 14.1. The first-order valence-electron chi connectivity index (χ1n) is 7.20. The third kappa shape index (κ3) is 8.14. The molecule has 2 amide bonds. The number of carbonyl (C=O) groups excluding carboxylic acids is 2. The van der Waals surface area contributed by atoms with Gasteiger partial charge in [-0.15, -0.1) is 0 Å². The van der Waals surface area contributed by atoms with Crippen molar-refractivity contribution in [2.45, 2.75) is 38.8 Å². The average molecular weight is 555 g/mol. The van der Waals surface area contributed by atoms with Crippen molar-refractivity contribution in [2.24, 2.45) is 0 Å². The Morgan fingerprint density at radius 2 is 1.83 bits per heavy atom. The van der Waals surface area contributed by atoms with Gasteiger partial charge in [0.1, 0.15) is 18.2 Å². The van der Waals surface area contributed by atoms with E-state index < -0.39 is 23.6 Å². The minimum atomic E-state index is -0.817. The molecule has 8 heteroatoms. The summed E-state index contributed by atoms with van der Waals surface area (Å²) >= 11 is 4.40. The van der Waals surface area contributed by atoms with Crippen LogP contribution < -0.4 is 10.6 Å². The summed E-state index contributed by atoms with van der Waals surface area (Å²) in [6, 6.07) is 6.94. The topological polar surface area (TPSA) is 91.2 Å². The zero-order valence-corrected chi connectivity index (χ0v) is 18.0. The number of nitriles is 1. The minimum Gasteiger partial charge on any atom is -0.444 e. The van der Waals surface area contributed by atoms with Gasteiger partial charge in [0.05, 0.1) is 6.07 Å². The summed E-state index contributed by atoms with van der Waals surface area (Å²) in [7, 11) is 0. The first-order valence-corrected chi connectivity index (χ1v) is 9.35. The quantitative estimate of drug-likeness (QED) is 0.432. The molecule has 24 heavy (non-hydrogen) atoms. The van der Waals surface area contributed by atoms with Crippen molar-refractivity contribution in [3.05, 3.63) is 30.9 Å². The van der Waals surface area contributed by atoms with Gasteiger partial charge in [0.2, 0.25) is 5.91 Å². The van der Waals surface area contributed by atoms with Crippen LogP contribution in [0.1, 0.15) is 26.3 Å². The van der Waals surface area contributed by atoms with Crippen LogP contribution in [0.4, 0.5) is 4.79 Å². The van der Waals surface area contributed by atoms with E-state index in [0.717, 1.165) is 12.7 Å². The van der Waals surface area contributed by atoms with Crippen LogP contribution >= 0.6 is 45.2 Å². The van der Waals surface area contributed by atoms with Gasteiger partial charge in [0.25, 0.3) is 0 Å². The van der Waals surface area contributed by atoms with Crippen molar-refractivity contribution >= 4 is 57.2 Å². The Labute approximate surface area is 169 Å². The first-order chi connectivity index (χ1) is 11.1. The summed E-state index contributed by atoms with van der Waals surface area (Å²) in [6.45, 7) is 5.13. The Morgan fingerprint density at radius 3 is 2.33 bits per heavy atom. The second-order valence-corrected chi connectivity index (χ2v) is 8.55. The molecule has 1 aromatic carbocycles. The van der Waals surface area contributed by atoms with Gasteiger partial charge in [-0.2, -0.15) is 5.26 Å². The highest BCUT2D eigenvalue weighted by Gasteiger charge is 2.24. The summed E-state index contributed by atoms with van der Waals surface area (Å²) < 4.78 is 7.30. The number of carbonyl (C=O) groups is 2. The van der Waals surface area contributed by atoms with Crippen LogP contribution in [-0.4, -0.2) is 30.2 Å². The molecule has 0 spiro atoms. The molecule has 0 aliphatic carbocycles. The molecule has 1 atom stereocenters. The molecule has 0 radical (unpaired) electrons. The largest absolute Gasteiger partial charge is 0.444 e.